The predicted octanol–water partition coefficient (Wildman–Crippen LogP) is 1.78. The molecule has 0 spiro atoms. The molecule has 1 aromatic heterocycles. The van der Waals surface area contributed by atoms with Gasteiger partial charge in [-0.25, -0.2) is 4.98 Å². The molecule has 16 heavy (non-hydrogen) atoms. The van der Waals surface area contributed by atoms with Gasteiger partial charge in [-0.3, -0.25) is 14.5 Å². The third-order valence-electron chi connectivity index (χ3n) is 2.93. The van der Waals surface area contributed by atoms with Gasteiger partial charge in [0.25, 0.3) is 11.8 Å². The van der Waals surface area contributed by atoms with E-state index >= 15 is 0 Å². The molecule has 1 aliphatic rings. The molecule has 0 fully saturated rings. The van der Waals surface area contributed by atoms with Crippen molar-refractivity contribution in [3.05, 3.63) is 29.1 Å². The Balaban J connectivity index is 2.48. The third kappa shape index (κ3) is 1.41. The summed E-state index contributed by atoms with van der Waals surface area (Å²) in [5.41, 5.74) is 1.62. The highest BCUT2D eigenvalue weighted by Crippen LogP contribution is 2.24. The van der Waals surface area contributed by atoms with E-state index in [1.807, 2.05) is 20.8 Å². The number of fused-ring (bicyclic) bond motifs is 1. The lowest BCUT2D eigenvalue weighted by molar-refractivity contribution is 0.0591. The van der Waals surface area contributed by atoms with Gasteiger partial charge in [-0.05, 0) is 31.9 Å². The van der Waals surface area contributed by atoms with Gasteiger partial charge >= 0.3 is 0 Å². The highest BCUT2D eigenvalue weighted by molar-refractivity contribution is 6.20. The van der Waals surface area contributed by atoms with E-state index in [1.54, 1.807) is 12.3 Å². The second-order valence-corrected chi connectivity index (χ2v) is 4.15. The van der Waals surface area contributed by atoms with E-state index in [9.17, 15) is 9.59 Å². The van der Waals surface area contributed by atoms with Crippen LogP contribution in [0.2, 0.25) is 0 Å². The Morgan fingerprint density at radius 1 is 1.38 bits per heavy atom. The molecule has 2 rings (SSSR count). The normalized spacial score (nSPS) is 16.6. The van der Waals surface area contributed by atoms with Crippen molar-refractivity contribution < 1.29 is 9.59 Å². The summed E-state index contributed by atoms with van der Waals surface area (Å²) in [6.07, 6.45) is 2.37. The van der Waals surface area contributed by atoms with Gasteiger partial charge in [-0.2, -0.15) is 0 Å². The summed E-state index contributed by atoms with van der Waals surface area (Å²) in [7, 11) is 0. The largest absolute Gasteiger partial charge is 0.280 e. The summed E-state index contributed by atoms with van der Waals surface area (Å²) in [6, 6.07) is 1.65. The van der Waals surface area contributed by atoms with Gasteiger partial charge in [0.05, 0.1) is 5.56 Å². The Kier molecular flexibility index (Phi) is 2.50. The molecule has 0 saturated carbocycles. The first-order chi connectivity index (χ1) is 7.56. The van der Waals surface area contributed by atoms with Crippen LogP contribution in [0, 0.1) is 6.92 Å². The zero-order valence-corrected chi connectivity index (χ0v) is 9.65. The Morgan fingerprint density at radius 2 is 2.06 bits per heavy atom. The van der Waals surface area contributed by atoms with E-state index in [0.29, 0.717) is 5.56 Å². The molecule has 0 N–H and O–H groups in total. The molecule has 0 bridgehead atoms. The summed E-state index contributed by atoms with van der Waals surface area (Å²) in [4.78, 5) is 29.3. The average Bonchev–Trinajstić information content (AvgIpc) is 2.51. The molecule has 0 saturated heterocycles. The molecule has 0 radical (unpaired) electrons. The highest BCUT2D eigenvalue weighted by Gasteiger charge is 2.39. The smallest absolute Gasteiger partial charge is 0.270 e. The summed E-state index contributed by atoms with van der Waals surface area (Å²) >= 11 is 0. The fourth-order valence-electron chi connectivity index (χ4n) is 1.82. The van der Waals surface area contributed by atoms with Gasteiger partial charge < -0.3 is 0 Å². The molecule has 1 atom stereocenters. The van der Waals surface area contributed by atoms with Crippen LogP contribution in [-0.2, 0) is 0 Å². The van der Waals surface area contributed by atoms with Crippen molar-refractivity contribution >= 4 is 11.8 Å². The lowest BCUT2D eigenvalue weighted by Crippen LogP contribution is -2.37. The highest BCUT2D eigenvalue weighted by atomic mass is 16.2. The lowest BCUT2D eigenvalue weighted by Gasteiger charge is -2.20. The standard InChI is InChI=1S/C12H14N2O2/c1-4-8(3)14-11(15)9-5-7(2)6-13-10(9)12(14)16/h5-6,8H,4H2,1-3H3. The number of carbonyl (C=O) groups is 2. The Morgan fingerprint density at radius 3 is 2.69 bits per heavy atom. The van der Waals surface area contributed by atoms with E-state index in [-0.39, 0.29) is 23.6 Å². The van der Waals surface area contributed by atoms with Crippen LogP contribution in [0.3, 0.4) is 0 Å². The Bertz CT molecular complexity index is 468. The molecule has 84 valence electrons. The number of hydrogen-bond donors (Lipinski definition) is 0. The number of nitrogens with zero attached hydrogens (tertiary/aromatic N) is 2. The molecule has 0 aliphatic carbocycles. The van der Waals surface area contributed by atoms with Crippen molar-refractivity contribution in [2.75, 3.05) is 0 Å². The number of amides is 2. The predicted molar refractivity (Wildman–Crippen MR) is 59.2 cm³/mol. The molecular weight excluding hydrogens is 204 g/mol. The summed E-state index contributed by atoms with van der Waals surface area (Å²) in [5, 5.41) is 0. The topological polar surface area (TPSA) is 50.3 Å². The van der Waals surface area contributed by atoms with E-state index < -0.39 is 0 Å². The Hall–Kier alpha value is -1.71. The zero-order chi connectivity index (χ0) is 11.9. The second kappa shape index (κ2) is 3.70. The SMILES string of the molecule is CCC(C)N1C(=O)c2cc(C)cnc2C1=O. The number of carbonyl (C=O) groups excluding carboxylic acids is 2. The molecule has 4 heteroatoms. The molecule has 2 amide bonds. The first kappa shape index (κ1) is 10.8. The molecule has 1 aliphatic heterocycles. The van der Waals surface area contributed by atoms with Crippen molar-refractivity contribution in [1.29, 1.82) is 0 Å². The van der Waals surface area contributed by atoms with Crippen LogP contribution in [0.4, 0.5) is 0 Å². The van der Waals surface area contributed by atoms with Crippen LogP contribution >= 0.6 is 0 Å². The van der Waals surface area contributed by atoms with Crippen LogP contribution in [0.5, 0.6) is 0 Å². The molecule has 1 aromatic rings. The molecule has 2 heterocycles. The number of aromatic nitrogens is 1. The fourth-order valence-corrected chi connectivity index (χ4v) is 1.82. The second-order valence-electron chi connectivity index (χ2n) is 4.15. The minimum Gasteiger partial charge on any atom is -0.270 e. The number of pyridine rings is 1. The molecule has 4 nitrogen and oxygen atoms in total. The quantitative estimate of drug-likeness (QED) is 0.711. The monoisotopic (exact) mass is 218 g/mol. The fraction of sp³-hybridized carbons (Fsp3) is 0.417. The van der Waals surface area contributed by atoms with E-state index in [1.165, 1.54) is 4.90 Å². The zero-order valence-electron chi connectivity index (χ0n) is 9.65. The van der Waals surface area contributed by atoms with Gasteiger partial charge in [0, 0.05) is 12.2 Å². The van der Waals surface area contributed by atoms with Crippen molar-refractivity contribution in [1.82, 2.24) is 9.88 Å². The third-order valence-corrected chi connectivity index (χ3v) is 2.93. The summed E-state index contributed by atoms with van der Waals surface area (Å²) in [5.74, 6) is -0.486. The maximum absolute atomic E-state index is 12.0. The molecule has 1 unspecified atom stereocenters. The average molecular weight is 218 g/mol. The first-order valence-corrected chi connectivity index (χ1v) is 5.40. The minimum atomic E-state index is -0.269. The molecule has 0 aromatic carbocycles. The van der Waals surface area contributed by atoms with E-state index in [0.717, 1.165) is 12.0 Å². The first-order valence-electron chi connectivity index (χ1n) is 5.40. The van der Waals surface area contributed by atoms with E-state index in [4.69, 9.17) is 0 Å². The van der Waals surface area contributed by atoms with Crippen LogP contribution < -0.4 is 0 Å². The summed E-state index contributed by atoms with van der Waals surface area (Å²) in [6.45, 7) is 5.68. The van der Waals surface area contributed by atoms with E-state index in [2.05, 4.69) is 4.98 Å². The van der Waals surface area contributed by atoms with Gasteiger partial charge in [-0.1, -0.05) is 6.92 Å². The minimum absolute atomic E-state index is 0.0745. The lowest BCUT2D eigenvalue weighted by atomic mass is 10.2. The van der Waals surface area contributed by atoms with Gasteiger partial charge in [0.15, 0.2) is 0 Å². The van der Waals surface area contributed by atoms with Crippen molar-refractivity contribution in [2.24, 2.45) is 0 Å². The van der Waals surface area contributed by atoms with Gasteiger partial charge in [-0.15, -0.1) is 0 Å². The van der Waals surface area contributed by atoms with Crippen molar-refractivity contribution in [3.63, 3.8) is 0 Å². The number of imide groups is 1. The Labute approximate surface area is 94.3 Å². The number of rotatable bonds is 2. The van der Waals surface area contributed by atoms with Gasteiger partial charge in [0.2, 0.25) is 0 Å². The van der Waals surface area contributed by atoms with Crippen LogP contribution in [-0.4, -0.2) is 27.7 Å². The van der Waals surface area contributed by atoms with Crippen LogP contribution in [0.15, 0.2) is 12.3 Å². The van der Waals surface area contributed by atoms with Gasteiger partial charge in [0.1, 0.15) is 5.69 Å². The summed E-state index contributed by atoms with van der Waals surface area (Å²) < 4.78 is 0. The van der Waals surface area contributed by atoms with Crippen LogP contribution in [0.25, 0.3) is 0 Å². The van der Waals surface area contributed by atoms with Crippen molar-refractivity contribution in [2.45, 2.75) is 33.2 Å². The number of aryl methyl sites for hydroxylation is 1. The molecular formula is C12H14N2O2. The number of hydrogen-bond acceptors (Lipinski definition) is 3. The maximum Gasteiger partial charge on any atom is 0.280 e. The van der Waals surface area contributed by atoms with Crippen molar-refractivity contribution in [3.8, 4) is 0 Å². The maximum atomic E-state index is 12.0. The van der Waals surface area contributed by atoms with Crippen LogP contribution in [0.1, 0.15) is 46.7 Å².